The minimum Gasteiger partial charge on any atom is -0.508 e. The van der Waals surface area contributed by atoms with E-state index in [-0.39, 0.29) is 17.1 Å². The third-order valence-electron chi connectivity index (χ3n) is 3.83. The van der Waals surface area contributed by atoms with Crippen molar-refractivity contribution in [3.05, 3.63) is 58.8 Å². The summed E-state index contributed by atoms with van der Waals surface area (Å²) in [6, 6.07) is 13.7. The summed E-state index contributed by atoms with van der Waals surface area (Å²) in [4.78, 5) is 0. The molecule has 0 amide bonds. The van der Waals surface area contributed by atoms with Crippen LogP contribution in [0.2, 0.25) is 0 Å². The van der Waals surface area contributed by atoms with Gasteiger partial charge in [0.2, 0.25) is 0 Å². The number of thiophene rings is 1. The fraction of sp³-hybridized carbons (Fsp3) is 0. The van der Waals surface area contributed by atoms with E-state index in [0.717, 1.165) is 16.7 Å². The zero-order valence-corrected chi connectivity index (χ0v) is 13.2. The van der Waals surface area contributed by atoms with Crippen molar-refractivity contribution in [1.82, 2.24) is 0 Å². The Balaban J connectivity index is 2.11. The van der Waals surface area contributed by atoms with Crippen molar-refractivity contribution in [2.75, 3.05) is 0 Å². The lowest BCUT2D eigenvalue weighted by Gasteiger charge is -2.02. The predicted molar refractivity (Wildman–Crippen MR) is 93.0 cm³/mol. The first-order chi connectivity index (χ1) is 11.7. The molecule has 0 aliphatic rings. The van der Waals surface area contributed by atoms with Crippen LogP contribution in [0.1, 0.15) is 5.56 Å². The number of fused-ring (bicyclic) bond motifs is 1. The quantitative estimate of drug-likeness (QED) is 0.534. The van der Waals surface area contributed by atoms with E-state index >= 15 is 0 Å². The van der Waals surface area contributed by atoms with Gasteiger partial charge in [0, 0.05) is 22.6 Å². The summed E-state index contributed by atoms with van der Waals surface area (Å²) >= 11 is 1.56. The molecule has 0 unspecified atom stereocenters. The van der Waals surface area contributed by atoms with Gasteiger partial charge < -0.3 is 14.6 Å². The molecule has 2 aromatic carbocycles. The van der Waals surface area contributed by atoms with Crippen LogP contribution in [0, 0.1) is 11.3 Å². The minimum absolute atomic E-state index is 0.0218. The van der Waals surface area contributed by atoms with Gasteiger partial charge in [-0.3, -0.25) is 0 Å². The van der Waals surface area contributed by atoms with E-state index in [0.29, 0.717) is 16.7 Å². The number of benzene rings is 2. The van der Waals surface area contributed by atoms with E-state index < -0.39 is 0 Å². The maximum Gasteiger partial charge on any atom is 0.153 e. The van der Waals surface area contributed by atoms with Crippen LogP contribution in [0.15, 0.2) is 57.6 Å². The Morgan fingerprint density at radius 1 is 0.958 bits per heavy atom. The maximum atomic E-state index is 9.96. The predicted octanol–water partition coefficient (Wildman–Crippen LogP) is 5.11. The second-order valence-electron chi connectivity index (χ2n) is 5.35. The molecule has 116 valence electrons. The second kappa shape index (κ2) is 5.44. The van der Waals surface area contributed by atoms with E-state index in [2.05, 4.69) is 6.07 Å². The Morgan fingerprint density at radius 3 is 2.42 bits per heavy atom. The van der Waals surface area contributed by atoms with E-state index in [1.807, 2.05) is 16.8 Å². The second-order valence-corrected chi connectivity index (χ2v) is 6.13. The molecule has 2 N–H and O–H groups in total. The molecule has 0 aliphatic carbocycles. The zero-order chi connectivity index (χ0) is 16.7. The Kier molecular flexibility index (Phi) is 3.26. The Labute approximate surface area is 141 Å². The highest BCUT2D eigenvalue weighted by Crippen LogP contribution is 2.43. The molecule has 2 aromatic heterocycles. The van der Waals surface area contributed by atoms with Gasteiger partial charge in [-0.15, -0.1) is 0 Å². The lowest BCUT2D eigenvalue weighted by atomic mass is 9.99. The van der Waals surface area contributed by atoms with Crippen molar-refractivity contribution in [2.45, 2.75) is 0 Å². The SMILES string of the molecule is N#Cc1cc(O)cc2c(-c3ccsc3)c(-c3ccc(O)cc3)oc12. The summed E-state index contributed by atoms with van der Waals surface area (Å²) in [5, 5.41) is 33.5. The molecule has 0 bridgehead atoms. The molecule has 0 aliphatic heterocycles. The fourth-order valence-electron chi connectivity index (χ4n) is 2.78. The van der Waals surface area contributed by atoms with Crippen LogP contribution in [0.3, 0.4) is 0 Å². The summed E-state index contributed by atoms with van der Waals surface area (Å²) in [5.41, 5.74) is 3.29. The van der Waals surface area contributed by atoms with Gasteiger partial charge >= 0.3 is 0 Å². The number of nitrogens with zero attached hydrogens (tertiary/aromatic N) is 1. The van der Waals surface area contributed by atoms with Gasteiger partial charge in [0.1, 0.15) is 23.3 Å². The van der Waals surface area contributed by atoms with Crippen molar-refractivity contribution >= 4 is 22.3 Å². The lowest BCUT2D eigenvalue weighted by molar-refractivity contribution is 0.474. The Morgan fingerprint density at radius 2 is 1.75 bits per heavy atom. The van der Waals surface area contributed by atoms with Gasteiger partial charge in [0.15, 0.2) is 5.58 Å². The van der Waals surface area contributed by atoms with E-state index in [1.165, 1.54) is 6.07 Å². The Bertz CT molecular complexity index is 1070. The van der Waals surface area contributed by atoms with Gasteiger partial charge in [-0.2, -0.15) is 16.6 Å². The smallest absolute Gasteiger partial charge is 0.153 e. The van der Waals surface area contributed by atoms with Crippen LogP contribution >= 0.6 is 11.3 Å². The van der Waals surface area contributed by atoms with Crippen LogP contribution < -0.4 is 0 Å². The average molecular weight is 333 g/mol. The average Bonchev–Trinajstić information content (AvgIpc) is 3.21. The van der Waals surface area contributed by atoms with Gasteiger partial charge in [-0.1, -0.05) is 0 Å². The molecule has 0 radical (unpaired) electrons. The van der Waals surface area contributed by atoms with Crippen LogP contribution in [0.5, 0.6) is 11.5 Å². The first-order valence-corrected chi connectivity index (χ1v) is 8.13. The zero-order valence-electron chi connectivity index (χ0n) is 12.4. The van der Waals surface area contributed by atoms with Crippen LogP contribution in [0.4, 0.5) is 0 Å². The summed E-state index contributed by atoms with van der Waals surface area (Å²) in [7, 11) is 0. The number of phenolic OH excluding ortho intramolecular Hbond substituents is 2. The summed E-state index contributed by atoms with van der Waals surface area (Å²) in [6.45, 7) is 0. The highest BCUT2D eigenvalue weighted by molar-refractivity contribution is 7.08. The number of phenols is 2. The molecule has 4 rings (SSSR count). The Hall–Kier alpha value is -3.23. The van der Waals surface area contributed by atoms with Gasteiger partial charge in [0.05, 0.1) is 5.56 Å². The van der Waals surface area contributed by atoms with E-state index in [4.69, 9.17) is 4.42 Å². The van der Waals surface area contributed by atoms with Crippen molar-refractivity contribution in [2.24, 2.45) is 0 Å². The normalized spacial score (nSPS) is 10.8. The number of hydrogen-bond donors (Lipinski definition) is 2. The largest absolute Gasteiger partial charge is 0.508 e. The third kappa shape index (κ3) is 2.21. The molecule has 24 heavy (non-hydrogen) atoms. The first kappa shape index (κ1) is 14.4. The van der Waals surface area contributed by atoms with Crippen molar-refractivity contribution in [3.63, 3.8) is 0 Å². The molecule has 0 saturated carbocycles. The van der Waals surface area contributed by atoms with Crippen molar-refractivity contribution < 1.29 is 14.6 Å². The van der Waals surface area contributed by atoms with Gasteiger partial charge in [0.25, 0.3) is 0 Å². The lowest BCUT2D eigenvalue weighted by Crippen LogP contribution is -1.79. The number of rotatable bonds is 2. The molecular formula is C19H11NO3S. The first-order valence-electron chi connectivity index (χ1n) is 7.19. The molecule has 0 atom stereocenters. The summed E-state index contributed by atoms with van der Waals surface area (Å²) in [6.07, 6.45) is 0. The van der Waals surface area contributed by atoms with Crippen LogP contribution in [-0.4, -0.2) is 10.2 Å². The van der Waals surface area contributed by atoms with Crippen LogP contribution in [-0.2, 0) is 0 Å². The topological polar surface area (TPSA) is 77.4 Å². The highest BCUT2D eigenvalue weighted by Gasteiger charge is 2.21. The molecule has 0 fully saturated rings. The minimum atomic E-state index is 0.0218. The van der Waals surface area contributed by atoms with Crippen LogP contribution in [0.25, 0.3) is 33.4 Å². The molecule has 5 heteroatoms. The molecule has 4 nitrogen and oxygen atoms in total. The van der Waals surface area contributed by atoms with E-state index in [1.54, 1.807) is 41.7 Å². The number of aromatic hydroxyl groups is 2. The molecule has 2 heterocycles. The summed E-state index contributed by atoms with van der Waals surface area (Å²) in [5.74, 6) is 0.793. The standard InChI is InChI=1S/C19H11NO3S/c20-9-13-7-15(22)8-16-17(12-5-6-24-10-12)19(23-18(13)16)11-1-3-14(21)4-2-11/h1-8,10,21-22H. The molecule has 4 aromatic rings. The highest BCUT2D eigenvalue weighted by atomic mass is 32.1. The monoisotopic (exact) mass is 333 g/mol. The van der Waals surface area contributed by atoms with E-state index in [9.17, 15) is 15.5 Å². The fourth-order valence-corrected chi connectivity index (χ4v) is 3.42. The third-order valence-corrected chi connectivity index (χ3v) is 4.52. The molecular weight excluding hydrogens is 322 g/mol. The number of furan rings is 1. The van der Waals surface area contributed by atoms with Gasteiger partial charge in [-0.25, -0.2) is 0 Å². The van der Waals surface area contributed by atoms with Crippen molar-refractivity contribution in [3.8, 4) is 40.0 Å². The molecule has 0 saturated heterocycles. The number of hydrogen-bond acceptors (Lipinski definition) is 5. The van der Waals surface area contributed by atoms with Crippen molar-refractivity contribution in [1.29, 1.82) is 5.26 Å². The summed E-state index contributed by atoms with van der Waals surface area (Å²) < 4.78 is 6.02. The van der Waals surface area contributed by atoms with Gasteiger partial charge in [-0.05, 0) is 52.7 Å². The maximum absolute atomic E-state index is 9.96. The number of nitriles is 1. The molecule has 0 spiro atoms.